The van der Waals surface area contributed by atoms with Gasteiger partial charge < -0.3 is 15.5 Å². The average molecular weight is 280 g/mol. The molecule has 5 heteroatoms. The molecule has 1 aromatic heterocycles. The highest BCUT2D eigenvalue weighted by molar-refractivity contribution is 7.80. The number of carbonyl (C=O) groups is 1. The number of nitrogens with two attached hydrogens (primary N) is 1. The number of rotatable bonds is 4. The Morgan fingerprint density at radius 1 is 1.37 bits per heavy atom. The number of hydrogen-bond donors (Lipinski definition) is 2. The smallest absolute Gasteiger partial charge is 0.233 e. The van der Waals surface area contributed by atoms with Crippen molar-refractivity contribution < 1.29 is 9.21 Å². The van der Waals surface area contributed by atoms with Crippen molar-refractivity contribution in [1.82, 2.24) is 5.32 Å². The van der Waals surface area contributed by atoms with E-state index in [0.29, 0.717) is 11.5 Å². The number of nitrogens with one attached hydrogen (secondary N) is 1. The third-order valence-corrected chi connectivity index (χ3v) is 4.26. The summed E-state index contributed by atoms with van der Waals surface area (Å²) in [5.41, 5.74) is 5.20. The molecule has 0 aromatic carbocycles. The van der Waals surface area contributed by atoms with E-state index in [9.17, 15) is 4.79 Å². The molecule has 1 heterocycles. The van der Waals surface area contributed by atoms with Crippen molar-refractivity contribution in [3.8, 4) is 0 Å². The van der Waals surface area contributed by atoms with E-state index in [0.717, 1.165) is 44.3 Å². The minimum atomic E-state index is -0.668. The summed E-state index contributed by atoms with van der Waals surface area (Å²) in [6, 6.07) is 3.64. The molecule has 1 aliphatic rings. The molecule has 1 amide bonds. The number of amides is 1. The summed E-state index contributed by atoms with van der Waals surface area (Å²) in [6.45, 7) is 0.385. The van der Waals surface area contributed by atoms with Crippen LogP contribution in [0.1, 0.15) is 44.3 Å². The second-order valence-electron chi connectivity index (χ2n) is 5.12. The van der Waals surface area contributed by atoms with Crippen LogP contribution in [0, 0.1) is 5.41 Å². The highest BCUT2D eigenvalue weighted by atomic mass is 32.1. The van der Waals surface area contributed by atoms with E-state index in [1.54, 1.807) is 12.3 Å². The molecule has 0 radical (unpaired) electrons. The first-order valence-electron chi connectivity index (χ1n) is 6.76. The normalized spacial score (nSPS) is 18.5. The summed E-state index contributed by atoms with van der Waals surface area (Å²) in [7, 11) is 0. The Hall–Kier alpha value is -1.36. The van der Waals surface area contributed by atoms with Crippen molar-refractivity contribution in [2.75, 3.05) is 0 Å². The summed E-state index contributed by atoms with van der Waals surface area (Å²) >= 11 is 5.17. The predicted octanol–water partition coefficient (Wildman–Crippen LogP) is 2.52. The molecule has 0 aliphatic heterocycles. The highest BCUT2D eigenvalue weighted by Crippen LogP contribution is 2.35. The molecule has 104 valence electrons. The van der Waals surface area contributed by atoms with E-state index in [1.165, 1.54) is 0 Å². The predicted molar refractivity (Wildman–Crippen MR) is 77.5 cm³/mol. The zero-order chi connectivity index (χ0) is 13.7. The molecule has 1 saturated carbocycles. The fourth-order valence-electron chi connectivity index (χ4n) is 2.67. The van der Waals surface area contributed by atoms with Gasteiger partial charge in [0.1, 0.15) is 5.76 Å². The van der Waals surface area contributed by atoms with Gasteiger partial charge in [-0.25, -0.2) is 0 Å². The van der Waals surface area contributed by atoms with Crippen LogP contribution in [0.2, 0.25) is 0 Å². The van der Waals surface area contributed by atoms with Gasteiger partial charge in [0.2, 0.25) is 5.91 Å². The molecular formula is C14H20N2O2S. The summed E-state index contributed by atoms with van der Waals surface area (Å²) in [6.07, 6.45) is 7.41. The van der Waals surface area contributed by atoms with E-state index in [2.05, 4.69) is 5.32 Å². The largest absolute Gasteiger partial charge is 0.467 e. The van der Waals surface area contributed by atoms with Crippen LogP contribution in [0.4, 0.5) is 0 Å². The van der Waals surface area contributed by atoms with Crippen LogP contribution in [-0.4, -0.2) is 10.9 Å². The van der Waals surface area contributed by atoms with Gasteiger partial charge in [-0.3, -0.25) is 4.79 Å². The van der Waals surface area contributed by atoms with Crippen molar-refractivity contribution in [2.24, 2.45) is 11.1 Å². The monoisotopic (exact) mass is 280 g/mol. The van der Waals surface area contributed by atoms with Gasteiger partial charge in [-0.05, 0) is 25.0 Å². The lowest BCUT2D eigenvalue weighted by Gasteiger charge is -2.30. The summed E-state index contributed by atoms with van der Waals surface area (Å²) in [5, 5.41) is 2.90. The number of carbonyl (C=O) groups excluding carboxylic acids is 1. The van der Waals surface area contributed by atoms with Gasteiger partial charge in [0.05, 0.1) is 23.2 Å². The quantitative estimate of drug-likeness (QED) is 0.657. The Morgan fingerprint density at radius 2 is 2.05 bits per heavy atom. The lowest BCUT2D eigenvalue weighted by Crippen LogP contribution is -2.48. The molecule has 0 unspecified atom stereocenters. The molecule has 1 fully saturated rings. The van der Waals surface area contributed by atoms with Gasteiger partial charge in [0.15, 0.2) is 0 Å². The summed E-state index contributed by atoms with van der Waals surface area (Å²) in [5.74, 6) is 0.679. The number of thiocarbonyl (C=S) groups is 1. The Bertz CT molecular complexity index is 434. The van der Waals surface area contributed by atoms with Gasteiger partial charge in [-0.2, -0.15) is 0 Å². The Morgan fingerprint density at radius 3 is 2.58 bits per heavy atom. The molecule has 0 saturated heterocycles. The minimum absolute atomic E-state index is 0.0571. The van der Waals surface area contributed by atoms with Gasteiger partial charge in [0, 0.05) is 0 Å². The molecular weight excluding hydrogens is 260 g/mol. The molecule has 1 aliphatic carbocycles. The van der Waals surface area contributed by atoms with Crippen LogP contribution in [-0.2, 0) is 11.3 Å². The number of furan rings is 1. The molecule has 0 spiro atoms. The fraction of sp³-hybridized carbons (Fsp3) is 0.571. The lowest BCUT2D eigenvalue weighted by molar-refractivity contribution is -0.128. The third kappa shape index (κ3) is 3.15. The van der Waals surface area contributed by atoms with Crippen LogP contribution < -0.4 is 11.1 Å². The Balaban J connectivity index is 2.05. The molecule has 1 aromatic rings. The SMILES string of the molecule is NC(=S)C1(C(=O)NCc2ccco2)CCCCCC1. The standard InChI is InChI=1S/C14H20N2O2S/c15-12(19)14(7-3-1-2-4-8-14)13(17)16-10-11-6-5-9-18-11/h5-6,9H,1-4,7-8,10H2,(H2,15,19)(H,16,17). The van der Waals surface area contributed by atoms with Gasteiger partial charge in [-0.1, -0.05) is 37.9 Å². The first kappa shape index (κ1) is 14.1. The number of hydrogen-bond acceptors (Lipinski definition) is 3. The van der Waals surface area contributed by atoms with Gasteiger partial charge in [0.25, 0.3) is 0 Å². The zero-order valence-electron chi connectivity index (χ0n) is 11.0. The van der Waals surface area contributed by atoms with E-state index in [4.69, 9.17) is 22.4 Å². The van der Waals surface area contributed by atoms with Crippen molar-refractivity contribution in [3.05, 3.63) is 24.2 Å². The summed E-state index contributed by atoms with van der Waals surface area (Å²) < 4.78 is 5.21. The van der Waals surface area contributed by atoms with Crippen LogP contribution in [0.25, 0.3) is 0 Å². The maximum atomic E-state index is 12.5. The van der Waals surface area contributed by atoms with Crippen LogP contribution in [0.5, 0.6) is 0 Å². The van der Waals surface area contributed by atoms with Crippen LogP contribution in [0.15, 0.2) is 22.8 Å². The van der Waals surface area contributed by atoms with Gasteiger partial charge >= 0.3 is 0 Å². The van der Waals surface area contributed by atoms with Crippen molar-refractivity contribution in [1.29, 1.82) is 0 Å². The van der Waals surface area contributed by atoms with Crippen molar-refractivity contribution in [2.45, 2.75) is 45.1 Å². The van der Waals surface area contributed by atoms with Crippen molar-refractivity contribution >= 4 is 23.1 Å². The summed E-state index contributed by atoms with van der Waals surface area (Å²) in [4.78, 5) is 12.8. The van der Waals surface area contributed by atoms with Crippen molar-refractivity contribution in [3.63, 3.8) is 0 Å². The molecule has 0 bridgehead atoms. The van der Waals surface area contributed by atoms with E-state index < -0.39 is 5.41 Å². The molecule has 3 N–H and O–H groups in total. The molecule has 0 atom stereocenters. The minimum Gasteiger partial charge on any atom is -0.467 e. The van der Waals surface area contributed by atoms with E-state index in [1.807, 2.05) is 6.07 Å². The fourth-order valence-corrected chi connectivity index (χ4v) is 2.96. The molecule has 19 heavy (non-hydrogen) atoms. The van der Waals surface area contributed by atoms with Crippen LogP contribution >= 0.6 is 12.2 Å². The topological polar surface area (TPSA) is 68.3 Å². The Kier molecular flexibility index (Phi) is 4.58. The molecule has 2 rings (SSSR count). The third-order valence-electron chi connectivity index (χ3n) is 3.87. The maximum Gasteiger partial charge on any atom is 0.233 e. The highest BCUT2D eigenvalue weighted by Gasteiger charge is 2.41. The maximum absolute atomic E-state index is 12.5. The zero-order valence-corrected chi connectivity index (χ0v) is 11.8. The first-order chi connectivity index (χ1) is 9.15. The average Bonchev–Trinajstić information content (AvgIpc) is 2.78. The molecule has 4 nitrogen and oxygen atoms in total. The Labute approximate surface area is 118 Å². The van der Waals surface area contributed by atoms with Gasteiger partial charge in [-0.15, -0.1) is 0 Å². The van der Waals surface area contributed by atoms with Crippen LogP contribution in [0.3, 0.4) is 0 Å². The second-order valence-corrected chi connectivity index (χ2v) is 5.56. The second kappa shape index (κ2) is 6.19. The lowest BCUT2D eigenvalue weighted by atomic mass is 9.79. The first-order valence-corrected chi connectivity index (χ1v) is 7.16. The van der Waals surface area contributed by atoms with E-state index >= 15 is 0 Å². The van der Waals surface area contributed by atoms with E-state index in [-0.39, 0.29) is 5.91 Å².